The Labute approximate surface area is 233 Å². The van der Waals surface area contributed by atoms with Crippen molar-refractivity contribution in [3.8, 4) is 5.75 Å². The molecule has 40 heavy (non-hydrogen) atoms. The average molecular weight is 554 g/mol. The number of hydrogen-bond donors (Lipinski definition) is 1. The molecule has 1 fully saturated rings. The summed E-state index contributed by atoms with van der Waals surface area (Å²) in [5, 5.41) is 21.5. The smallest absolute Gasteiger partial charge is 0.335 e. The molecule has 2 aromatic rings. The molecule has 1 unspecified atom stereocenters. The van der Waals surface area contributed by atoms with E-state index < -0.39 is 17.1 Å². The molecule has 2 aromatic carbocycles. The molecule has 0 saturated carbocycles. The van der Waals surface area contributed by atoms with Gasteiger partial charge in [-0.2, -0.15) is 0 Å². The summed E-state index contributed by atoms with van der Waals surface area (Å²) < 4.78 is 23.8. The summed E-state index contributed by atoms with van der Waals surface area (Å²) in [6, 6.07) is 8.21. The molecule has 0 amide bonds. The summed E-state index contributed by atoms with van der Waals surface area (Å²) in [5.41, 5.74) is 1.62. The molecule has 214 valence electrons. The van der Waals surface area contributed by atoms with Gasteiger partial charge in [0.1, 0.15) is 5.75 Å². The number of ether oxygens (including phenoxy) is 4. The third kappa shape index (κ3) is 5.05. The number of carbonyl (C=O) groups is 1. The van der Waals surface area contributed by atoms with Crippen LogP contribution >= 0.6 is 0 Å². The van der Waals surface area contributed by atoms with Gasteiger partial charge < -0.3 is 29.0 Å². The third-order valence-corrected chi connectivity index (χ3v) is 8.05. The maximum absolute atomic E-state index is 11.8. The van der Waals surface area contributed by atoms with Gasteiger partial charge in [0.05, 0.1) is 55.5 Å². The fraction of sp³-hybridized carbons (Fsp3) is 0.483. The van der Waals surface area contributed by atoms with E-state index in [1.165, 1.54) is 6.07 Å². The number of carboxylic acid groups (broad SMARTS) is 1. The summed E-state index contributed by atoms with van der Waals surface area (Å²) in [6.45, 7) is 8.62. The van der Waals surface area contributed by atoms with E-state index in [2.05, 4.69) is 4.90 Å². The van der Waals surface area contributed by atoms with Crippen molar-refractivity contribution in [1.82, 2.24) is 4.90 Å². The molecule has 1 N–H and O–H groups in total. The number of aromatic carboxylic acids is 1. The number of benzene rings is 2. The standard InChI is InChI=1S/C29H35N3O8/c1-28(2)24-18-21(27(33)34)4-5-25(24)30(3)29(28)7-6-20-16-23(32(35)36)17-22(26(20)40-29)19-31-8-10-37-12-14-39-15-13-38-11-9-31/h4-7,16-18H,8-15,19H2,1-3H3,(H,33,34). The first-order chi connectivity index (χ1) is 19.1. The number of fused-ring (bicyclic) bond motifs is 2. The van der Waals surface area contributed by atoms with Crippen molar-refractivity contribution in [2.45, 2.75) is 31.5 Å². The van der Waals surface area contributed by atoms with Crippen molar-refractivity contribution in [3.63, 3.8) is 0 Å². The van der Waals surface area contributed by atoms with Crippen LogP contribution < -0.4 is 9.64 Å². The van der Waals surface area contributed by atoms with Gasteiger partial charge in [-0.25, -0.2) is 4.79 Å². The molecular formula is C29H35N3O8. The highest BCUT2D eigenvalue weighted by atomic mass is 16.6. The topological polar surface area (TPSA) is 124 Å². The van der Waals surface area contributed by atoms with Crippen LogP contribution in [0.4, 0.5) is 11.4 Å². The maximum Gasteiger partial charge on any atom is 0.335 e. The second kappa shape index (κ2) is 11.2. The first-order valence-corrected chi connectivity index (χ1v) is 13.4. The van der Waals surface area contributed by atoms with Gasteiger partial charge in [0, 0.05) is 55.6 Å². The van der Waals surface area contributed by atoms with Crippen molar-refractivity contribution >= 4 is 23.4 Å². The number of anilines is 1. The molecule has 0 aliphatic carbocycles. The minimum Gasteiger partial charge on any atom is -0.478 e. The van der Waals surface area contributed by atoms with Crippen molar-refractivity contribution in [3.05, 3.63) is 68.8 Å². The van der Waals surface area contributed by atoms with Crippen molar-refractivity contribution in [2.75, 3.05) is 64.7 Å². The molecule has 1 spiro atoms. The fourth-order valence-corrected chi connectivity index (χ4v) is 5.77. The number of nitro benzene ring substituents is 1. The number of hydrogen-bond acceptors (Lipinski definition) is 9. The summed E-state index contributed by atoms with van der Waals surface area (Å²) >= 11 is 0. The van der Waals surface area contributed by atoms with Crippen LogP contribution in [0.25, 0.3) is 6.08 Å². The number of non-ortho nitro benzene ring substituents is 1. The van der Waals surface area contributed by atoms with Crippen LogP contribution in [-0.2, 0) is 26.2 Å². The molecule has 3 heterocycles. The quantitative estimate of drug-likeness (QED) is 0.443. The third-order valence-electron chi connectivity index (χ3n) is 8.05. The Morgan fingerprint density at radius 2 is 1.68 bits per heavy atom. The van der Waals surface area contributed by atoms with Crippen LogP contribution in [0, 0.1) is 10.1 Å². The van der Waals surface area contributed by atoms with Crippen molar-refractivity contribution in [1.29, 1.82) is 0 Å². The van der Waals surface area contributed by atoms with Gasteiger partial charge >= 0.3 is 5.97 Å². The monoisotopic (exact) mass is 553 g/mol. The Bertz CT molecular complexity index is 1310. The van der Waals surface area contributed by atoms with Crippen LogP contribution in [0.2, 0.25) is 0 Å². The van der Waals surface area contributed by atoms with Gasteiger partial charge in [0.15, 0.2) is 0 Å². The predicted molar refractivity (Wildman–Crippen MR) is 148 cm³/mol. The fourth-order valence-electron chi connectivity index (χ4n) is 5.77. The van der Waals surface area contributed by atoms with Gasteiger partial charge in [-0.15, -0.1) is 0 Å². The zero-order valence-corrected chi connectivity index (χ0v) is 23.1. The van der Waals surface area contributed by atoms with Gasteiger partial charge in [-0.3, -0.25) is 15.0 Å². The Hall–Kier alpha value is -3.51. The van der Waals surface area contributed by atoms with Crippen molar-refractivity contribution in [2.24, 2.45) is 0 Å². The number of carboxylic acids is 1. The zero-order chi connectivity index (χ0) is 28.5. The molecule has 0 bridgehead atoms. The lowest BCUT2D eigenvalue weighted by atomic mass is 9.76. The molecule has 1 saturated heterocycles. The normalized spacial score (nSPS) is 23.0. The molecule has 5 rings (SSSR count). The summed E-state index contributed by atoms with van der Waals surface area (Å²) in [5.74, 6) is -0.422. The van der Waals surface area contributed by atoms with Gasteiger partial charge in [0.25, 0.3) is 5.69 Å². The minimum atomic E-state index is -0.992. The van der Waals surface area contributed by atoms with E-state index in [-0.39, 0.29) is 16.2 Å². The van der Waals surface area contributed by atoms with Crippen LogP contribution in [0.5, 0.6) is 5.75 Å². The van der Waals surface area contributed by atoms with E-state index in [0.717, 1.165) is 11.3 Å². The molecule has 11 nitrogen and oxygen atoms in total. The summed E-state index contributed by atoms with van der Waals surface area (Å²) in [6.07, 6.45) is 3.80. The highest BCUT2D eigenvalue weighted by molar-refractivity contribution is 5.89. The van der Waals surface area contributed by atoms with E-state index in [4.69, 9.17) is 18.9 Å². The molecule has 11 heteroatoms. The van der Waals surface area contributed by atoms with Crippen LogP contribution in [-0.4, -0.2) is 86.4 Å². The highest BCUT2D eigenvalue weighted by Crippen LogP contribution is 2.55. The lowest BCUT2D eigenvalue weighted by Gasteiger charge is -2.46. The van der Waals surface area contributed by atoms with E-state index in [9.17, 15) is 20.0 Å². The molecule has 0 radical (unpaired) electrons. The maximum atomic E-state index is 11.8. The van der Waals surface area contributed by atoms with Crippen LogP contribution in [0.1, 0.15) is 40.9 Å². The molecule has 3 aliphatic rings. The first kappa shape index (κ1) is 28.0. The van der Waals surface area contributed by atoms with E-state index in [1.54, 1.807) is 24.3 Å². The molecular weight excluding hydrogens is 518 g/mol. The average Bonchev–Trinajstić information content (AvgIpc) is 3.07. The second-order valence-corrected chi connectivity index (χ2v) is 10.7. The minimum absolute atomic E-state index is 0.00891. The first-order valence-electron chi connectivity index (χ1n) is 13.4. The lowest BCUT2D eigenvalue weighted by Crippen LogP contribution is -2.58. The highest BCUT2D eigenvalue weighted by Gasteiger charge is 2.58. The Kier molecular flexibility index (Phi) is 7.83. The lowest BCUT2D eigenvalue weighted by molar-refractivity contribution is -0.385. The summed E-state index contributed by atoms with van der Waals surface area (Å²) in [7, 11) is 1.92. The van der Waals surface area contributed by atoms with E-state index in [1.807, 2.05) is 37.9 Å². The van der Waals surface area contributed by atoms with Crippen LogP contribution in [0.3, 0.4) is 0 Å². The SMILES string of the molecule is CN1c2ccc(C(=O)O)cc2C(C)(C)C12C=Cc1cc([N+](=O)[O-])cc(CN3CCOCCOCCOCC3)c1O2. The molecule has 0 aromatic heterocycles. The zero-order valence-electron chi connectivity index (χ0n) is 23.1. The molecule has 1 atom stereocenters. The van der Waals surface area contributed by atoms with Gasteiger partial charge in [-0.05, 0) is 49.8 Å². The number of nitrogens with zero attached hydrogens (tertiary/aromatic N) is 3. The second-order valence-electron chi connectivity index (χ2n) is 10.7. The summed E-state index contributed by atoms with van der Waals surface area (Å²) in [4.78, 5) is 27.3. The number of nitro groups is 1. The Morgan fingerprint density at radius 3 is 2.30 bits per heavy atom. The Morgan fingerprint density at radius 1 is 1.02 bits per heavy atom. The van der Waals surface area contributed by atoms with Crippen LogP contribution in [0.15, 0.2) is 36.4 Å². The predicted octanol–water partition coefficient (Wildman–Crippen LogP) is 3.69. The van der Waals surface area contributed by atoms with Gasteiger partial charge in [-0.1, -0.05) is 0 Å². The van der Waals surface area contributed by atoms with E-state index in [0.29, 0.717) is 76.2 Å². The van der Waals surface area contributed by atoms with E-state index >= 15 is 0 Å². The van der Waals surface area contributed by atoms with Gasteiger partial charge in [0.2, 0.25) is 5.72 Å². The van der Waals surface area contributed by atoms with Crippen molar-refractivity contribution < 1.29 is 33.8 Å². The largest absolute Gasteiger partial charge is 0.478 e. The molecule has 3 aliphatic heterocycles. The number of likely N-dealkylation sites (N-methyl/N-ethyl adjacent to an activating group) is 1. The number of rotatable bonds is 4. The Balaban J connectivity index is 1.51.